The van der Waals surface area contributed by atoms with E-state index in [4.69, 9.17) is 15.2 Å². The predicted octanol–water partition coefficient (Wildman–Crippen LogP) is 2.17. The highest BCUT2D eigenvalue weighted by Gasteiger charge is 2.28. The zero-order valence-electron chi connectivity index (χ0n) is 16.6. The van der Waals surface area contributed by atoms with Crippen LogP contribution < -0.4 is 5.32 Å². The predicted molar refractivity (Wildman–Crippen MR) is 99.6 cm³/mol. The molecule has 0 aromatic rings. The molecule has 25 heavy (non-hydrogen) atoms. The highest BCUT2D eigenvalue weighted by molar-refractivity contribution is 5.94. The lowest BCUT2D eigenvalue weighted by Gasteiger charge is -2.35. The molecule has 0 fully saturated rings. The lowest BCUT2D eigenvalue weighted by atomic mass is 9.94. The summed E-state index contributed by atoms with van der Waals surface area (Å²) >= 11 is 0. The Balaban J connectivity index is 4.50. The van der Waals surface area contributed by atoms with Crippen molar-refractivity contribution in [3.8, 4) is 0 Å². The number of carboxylic acid groups (broad SMARTS) is 1. The topological polar surface area (TPSA) is 107 Å². The van der Waals surface area contributed by atoms with E-state index in [1.807, 2.05) is 27.8 Å². The number of rotatable bonds is 12. The van der Waals surface area contributed by atoms with E-state index in [2.05, 4.69) is 34.4 Å². The van der Waals surface area contributed by atoms with Crippen LogP contribution in [-0.2, 0) is 9.63 Å². The van der Waals surface area contributed by atoms with Gasteiger partial charge in [0.25, 0.3) is 0 Å². The van der Waals surface area contributed by atoms with Crippen LogP contribution in [0.1, 0.15) is 53.9 Å². The average Bonchev–Trinajstić information content (AvgIpc) is 2.51. The Morgan fingerprint density at radius 1 is 1.24 bits per heavy atom. The van der Waals surface area contributed by atoms with Crippen molar-refractivity contribution in [3.63, 3.8) is 0 Å². The summed E-state index contributed by atoms with van der Waals surface area (Å²) in [5.41, 5.74) is 0.553. The number of aliphatic carboxylic acids is 1. The molecule has 0 aliphatic carbocycles. The molecule has 0 saturated heterocycles. The van der Waals surface area contributed by atoms with Gasteiger partial charge in [0.15, 0.2) is 0 Å². The van der Waals surface area contributed by atoms with Gasteiger partial charge in [0.2, 0.25) is 0 Å². The fraction of sp³-hybridized carbons (Fsp3) is 0.824. The molecule has 0 heterocycles. The van der Waals surface area contributed by atoms with E-state index in [-0.39, 0.29) is 18.4 Å². The minimum atomic E-state index is -0.908. The van der Waals surface area contributed by atoms with Crippen LogP contribution >= 0.6 is 0 Å². The first-order valence-corrected chi connectivity index (χ1v) is 8.46. The van der Waals surface area contributed by atoms with Gasteiger partial charge in [0.05, 0.1) is 28.9 Å². The van der Waals surface area contributed by atoms with Gasteiger partial charge in [-0.1, -0.05) is 10.3 Å². The fourth-order valence-electron chi connectivity index (χ4n) is 2.34. The molecule has 8 heteroatoms. The Labute approximate surface area is 150 Å². The van der Waals surface area contributed by atoms with Crippen molar-refractivity contribution in [2.75, 3.05) is 27.2 Å². The van der Waals surface area contributed by atoms with E-state index in [0.29, 0.717) is 12.3 Å². The molecule has 0 spiro atoms. The second-order valence-corrected chi connectivity index (χ2v) is 7.19. The third-order valence-electron chi connectivity index (χ3n) is 4.72. The van der Waals surface area contributed by atoms with Crippen molar-refractivity contribution >= 4 is 17.4 Å². The monoisotopic (exact) mass is 358 g/mol. The van der Waals surface area contributed by atoms with Gasteiger partial charge in [0.1, 0.15) is 7.11 Å². The second kappa shape index (κ2) is 10.4. The van der Waals surface area contributed by atoms with Crippen LogP contribution in [0.25, 0.3) is 0 Å². The largest absolute Gasteiger partial charge is 0.481 e. The molecule has 0 amide bonds. The third-order valence-corrected chi connectivity index (χ3v) is 4.72. The molecule has 0 aliphatic rings. The smallest absolute Gasteiger partial charge is 0.303 e. The van der Waals surface area contributed by atoms with Gasteiger partial charge in [-0.25, -0.2) is 0 Å². The lowest BCUT2D eigenvalue weighted by molar-refractivity contribution is -0.136. The number of nitrogens with zero attached hydrogens (tertiary/aromatic N) is 3. The lowest BCUT2D eigenvalue weighted by Crippen LogP contribution is -2.50. The van der Waals surface area contributed by atoms with E-state index >= 15 is 0 Å². The highest BCUT2D eigenvalue weighted by atomic mass is 16.6. The van der Waals surface area contributed by atoms with Crippen LogP contribution in [0.3, 0.4) is 0 Å². The van der Waals surface area contributed by atoms with Crippen LogP contribution in [0.4, 0.5) is 0 Å². The molecular formula is C17H34N4O4. The standard InChI is InChI=1S/C17H34N4O4/c1-13(20-25-7)17(4,5)21(6)12-8-11-18-16(2,3)14(19-24)9-10-15(22)23/h18,24H,8-12H2,1-7H3,(H,22,23)/b19-14+,20-13+. The molecule has 0 aliphatic heterocycles. The first-order chi connectivity index (χ1) is 11.5. The number of carboxylic acids is 1. The summed E-state index contributed by atoms with van der Waals surface area (Å²) in [7, 11) is 3.57. The van der Waals surface area contributed by atoms with Crippen molar-refractivity contribution in [1.82, 2.24) is 10.2 Å². The van der Waals surface area contributed by atoms with Crippen molar-refractivity contribution in [2.45, 2.75) is 65.0 Å². The third kappa shape index (κ3) is 7.83. The molecule has 0 aromatic heterocycles. The van der Waals surface area contributed by atoms with Crippen molar-refractivity contribution in [2.24, 2.45) is 10.3 Å². The average molecular weight is 358 g/mol. The summed E-state index contributed by atoms with van der Waals surface area (Å²) in [6.07, 6.45) is 1.03. The molecule has 0 rings (SSSR count). The number of hydrogen-bond donors (Lipinski definition) is 3. The zero-order valence-corrected chi connectivity index (χ0v) is 16.6. The number of nitrogens with one attached hydrogen (secondary N) is 1. The Hall–Kier alpha value is -1.67. The second-order valence-electron chi connectivity index (χ2n) is 7.19. The number of hydrogen-bond acceptors (Lipinski definition) is 7. The van der Waals surface area contributed by atoms with Gasteiger partial charge >= 0.3 is 5.97 Å². The molecule has 146 valence electrons. The van der Waals surface area contributed by atoms with Crippen molar-refractivity contribution in [3.05, 3.63) is 0 Å². The minimum Gasteiger partial charge on any atom is -0.481 e. The molecule has 8 nitrogen and oxygen atoms in total. The van der Waals surface area contributed by atoms with Crippen LogP contribution in [0.2, 0.25) is 0 Å². The van der Waals surface area contributed by atoms with Crippen molar-refractivity contribution in [1.29, 1.82) is 0 Å². The molecule has 0 unspecified atom stereocenters. The Morgan fingerprint density at radius 3 is 2.32 bits per heavy atom. The van der Waals surface area contributed by atoms with E-state index in [1.165, 1.54) is 7.11 Å². The van der Waals surface area contributed by atoms with Gasteiger partial charge in [-0.3, -0.25) is 9.69 Å². The molecule has 3 N–H and O–H groups in total. The fourth-order valence-corrected chi connectivity index (χ4v) is 2.34. The first-order valence-electron chi connectivity index (χ1n) is 8.46. The summed E-state index contributed by atoms with van der Waals surface area (Å²) in [6, 6.07) is 0. The van der Waals surface area contributed by atoms with Crippen LogP contribution in [-0.4, -0.2) is 70.9 Å². The van der Waals surface area contributed by atoms with Crippen molar-refractivity contribution < 1.29 is 19.9 Å². The van der Waals surface area contributed by atoms with Gasteiger partial charge in [-0.15, -0.1) is 0 Å². The molecule has 0 atom stereocenters. The maximum atomic E-state index is 10.7. The summed E-state index contributed by atoms with van der Waals surface area (Å²) in [4.78, 5) is 17.8. The Morgan fingerprint density at radius 2 is 1.84 bits per heavy atom. The number of oxime groups is 2. The SMILES string of the molecule is CO/N=C(\C)C(C)(C)N(C)CCCNC(C)(C)/C(CCC(=O)O)=N/O. The van der Waals surface area contributed by atoms with Crippen LogP contribution in [0.15, 0.2) is 10.3 Å². The first kappa shape index (κ1) is 23.3. The van der Waals surface area contributed by atoms with E-state index in [0.717, 1.165) is 18.7 Å². The highest BCUT2D eigenvalue weighted by Crippen LogP contribution is 2.16. The zero-order chi connectivity index (χ0) is 19.7. The molecule has 0 aromatic carbocycles. The maximum absolute atomic E-state index is 10.7. The van der Waals surface area contributed by atoms with Gasteiger partial charge in [-0.2, -0.15) is 0 Å². The summed E-state index contributed by atoms with van der Waals surface area (Å²) in [6.45, 7) is 11.4. The summed E-state index contributed by atoms with van der Waals surface area (Å²) in [5.74, 6) is -0.908. The summed E-state index contributed by atoms with van der Waals surface area (Å²) in [5, 5.41) is 28.6. The van der Waals surface area contributed by atoms with E-state index in [1.54, 1.807) is 0 Å². The van der Waals surface area contributed by atoms with Gasteiger partial charge in [0, 0.05) is 6.42 Å². The molecule has 0 bridgehead atoms. The van der Waals surface area contributed by atoms with E-state index < -0.39 is 11.5 Å². The molecule has 0 saturated carbocycles. The maximum Gasteiger partial charge on any atom is 0.303 e. The number of carbonyl (C=O) groups is 1. The minimum absolute atomic E-state index is 0.0560. The van der Waals surface area contributed by atoms with Gasteiger partial charge < -0.3 is 20.5 Å². The Bertz CT molecular complexity index is 487. The van der Waals surface area contributed by atoms with Gasteiger partial charge in [-0.05, 0) is 61.2 Å². The van der Waals surface area contributed by atoms with E-state index in [9.17, 15) is 4.79 Å². The van der Waals surface area contributed by atoms with Crippen LogP contribution in [0, 0.1) is 0 Å². The molecular weight excluding hydrogens is 324 g/mol. The summed E-state index contributed by atoms with van der Waals surface area (Å²) < 4.78 is 0. The Kier molecular flexibility index (Phi) is 9.66. The quantitative estimate of drug-likeness (QED) is 0.214. The normalized spacial score (nSPS) is 14.1. The molecule has 0 radical (unpaired) electrons. The van der Waals surface area contributed by atoms with Crippen LogP contribution in [0.5, 0.6) is 0 Å².